The molecule has 8 nitrogen and oxygen atoms in total. The lowest BCUT2D eigenvalue weighted by Crippen LogP contribution is -2.37. The summed E-state index contributed by atoms with van der Waals surface area (Å²) >= 11 is 1.11. The van der Waals surface area contributed by atoms with Gasteiger partial charge in [-0.25, -0.2) is 4.79 Å². The lowest BCUT2D eigenvalue weighted by Gasteiger charge is -2.10. The first-order valence-electron chi connectivity index (χ1n) is 10.00. The number of anilines is 1. The molecule has 0 saturated heterocycles. The van der Waals surface area contributed by atoms with Crippen molar-refractivity contribution < 1.29 is 23.5 Å². The number of ether oxygens (including phenoxy) is 2. The van der Waals surface area contributed by atoms with E-state index in [0.717, 1.165) is 30.4 Å². The molecule has 164 valence electrons. The van der Waals surface area contributed by atoms with Gasteiger partial charge in [-0.15, -0.1) is 0 Å². The summed E-state index contributed by atoms with van der Waals surface area (Å²) in [5.74, 6) is 1.23. The number of amides is 1. The minimum atomic E-state index is -0.547. The van der Waals surface area contributed by atoms with E-state index in [0.29, 0.717) is 23.7 Å². The molecule has 0 fully saturated rings. The van der Waals surface area contributed by atoms with Gasteiger partial charge in [-0.3, -0.25) is 9.32 Å². The number of benzene rings is 2. The van der Waals surface area contributed by atoms with Crippen LogP contribution in [0, 0.1) is 0 Å². The average molecular weight is 445 g/mol. The van der Waals surface area contributed by atoms with Crippen molar-refractivity contribution in [2.24, 2.45) is 0 Å². The van der Waals surface area contributed by atoms with Gasteiger partial charge in [0.1, 0.15) is 11.5 Å². The summed E-state index contributed by atoms with van der Waals surface area (Å²) in [5, 5.41) is 5.16. The zero-order chi connectivity index (χ0) is 22.2. The van der Waals surface area contributed by atoms with Crippen LogP contribution in [0.1, 0.15) is 26.7 Å². The molecule has 3 rings (SSSR count). The maximum Gasteiger partial charge on any atom is 0.442 e. The Labute approximate surface area is 184 Å². The first kappa shape index (κ1) is 22.5. The van der Waals surface area contributed by atoms with E-state index in [9.17, 15) is 9.59 Å². The van der Waals surface area contributed by atoms with Crippen LogP contribution in [0.5, 0.6) is 11.5 Å². The summed E-state index contributed by atoms with van der Waals surface area (Å²) in [6.45, 7) is 4.51. The Morgan fingerprint density at radius 3 is 2.48 bits per heavy atom. The highest BCUT2D eigenvalue weighted by Gasteiger charge is 2.29. The molecule has 1 unspecified atom stereocenters. The molecule has 3 aromatic rings. The average Bonchev–Trinajstić information content (AvgIpc) is 3.15. The molecule has 0 aliphatic carbocycles. The van der Waals surface area contributed by atoms with Gasteiger partial charge >= 0.3 is 10.7 Å². The van der Waals surface area contributed by atoms with Crippen LogP contribution in [0.4, 0.5) is 5.69 Å². The molecular weight excluding hydrogens is 418 g/mol. The second kappa shape index (κ2) is 10.7. The molecule has 0 radical (unpaired) electrons. The fourth-order valence-electron chi connectivity index (χ4n) is 2.70. The number of hydrogen-bond donors (Lipinski definition) is 2. The van der Waals surface area contributed by atoms with E-state index in [1.807, 2.05) is 12.1 Å². The second-order valence-corrected chi connectivity index (χ2v) is 8.12. The Hall–Kier alpha value is -3.20. The van der Waals surface area contributed by atoms with Crippen molar-refractivity contribution in [1.29, 1.82) is 0 Å². The normalized spacial score (nSPS) is 11.7. The van der Waals surface area contributed by atoms with Crippen LogP contribution in [0.2, 0.25) is 0 Å². The number of carbonyl (C=O) groups is 1. The van der Waals surface area contributed by atoms with Crippen molar-refractivity contribution in [2.75, 3.05) is 19.0 Å². The number of H-pyrrole nitrogens is 1. The highest BCUT2D eigenvalue weighted by Crippen LogP contribution is 2.22. The zero-order valence-electron chi connectivity index (χ0n) is 17.7. The first-order valence-corrected chi connectivity index (χ1v) is 10.9. The van der Waals surface area contributed by atoms with Crippen LogP contribution in [-0.4, -0.2) is 30.1 Å². The van der Waals surface area contributed by atoms with Crippen LogP contribution in [-0.2, 0) is 4.79 Å². The largest absolute Gasteiger partial charge is 0.497 e. The number of nitrogens with one attached hydrogen (secondary N) is 2. The van der Waals surface area contributed by atoms with Crippen LogP contribution < -0.4 is 25.1 Å². The maximum atomic E-state index is 12.6. The molecule has 1 amide bonds. The van der Waals surface area contributed by atoms with Crippen LogP contribution >= 0.6 is 11.8 Å². The third-order valence-electron chi connectivity index (χ3n) is 4.48. The predicted octanol–water partition coefficient (Wildman–Crippen LogP) is 3.55. The molecule has 1 aromatic heterocycles. The standard InChI is InChI=1S/C22H25N3O5S/c1-4-5-14-29-19-10-6-16(7-11-19)23-20(26)15(2)31-21-22(27)30-24-25(21)17-8-12-18(28-3)13-9-17/h6-13,15H,4-5,14H2,1-3H3,(H-,23,24,26,27)/p+1. The summed E-state index contributed by atoms with van der Waals surface area (Å²) in [4.78, 5) is 24.8. The molecule has 31 heavy (non-hydrogen) atoms. The minimum Gasteiger partial charge on any atom is -0.497 e. The second-order valence-electron chi connectivity index (χ2n) is 6.80. The van der Waals surface area contributed by atoms with Crippen molar-refractivity contribution in [2.45, 2.75) is 37.0 Å². The Morgan fingerprint density at radius 1 is 1.16 bits per heavy atom. The van der Waals surface area contributed by atoms with E-state index in [-0.39, 0.29) is 10.9 Å². The van der Waals surface area contributed by atoms with Crippen molar-refractivity contribution in [1.82, 2.24) is 5.27 Å². The smallest absolute Gasteiger partial charge is 0.442 e. The monoisotopic (exact) mass is 444 g/mol. The van der Waals surface area contributed by atoms with E-state index in [1.165, 1.54) is 4.68 Å². The van der Waals surface area contributed by atoms with Gasteiger partial charge in [0.15, 0.2) is 0 Å². The predicted molar refractivity (Wildman–Crippen MR) is 118 cm³/mol. The van der Waals surface area contributed by atoms with Crippen molar-refractivity contribution in [3.8, 4) is 17.2 Å². The zero-order valence-corrected chi connectivity index (χ0v) is 18.5. The van der Waals surface area contributed by atoms with Crippen molar-refractivity contribution in [3.63, 3.8) is 0 Å². The molecule has 1 atom stereocenters. The first-order chi connectivity index (χ1) is 15.0. The molecule has 0 bridgehead atoms. The Morgan fingerprint density at radius 2 is 1.84 bits per heavy atom. The molecule has 9 heteroatoms. The van der Waals surface area contributed by atoms with E-state index < -0.39 is 10.9 Å². The fraction of sp³-hybridized carbons (Fsp3) is 0.318. The summed E-state index contributed by atoms with van der Waals surface area (Å²) in [6, 6.07) is 14.3. The number of hydrogen-bond acceptors (Lipinski definition) is 6. The number of methoxy groups -OCH3 is 1. The molecular formula is C22H26N3O5S+. The highest BCUT2D eigenvalue weighted by molar-refractivity contribution is 8.00. The van der Waals surface area contributed by atoms with Gasteiger partial charge in [0, 0.05) is 17.8 Å². The summed E-state index contributed by atoms with van der Waals surface area (Å²) < 4.78 is 17.2. The molecule has 0 aliphatic heterocycles. The SMILES string of the molecule is CCCCOc1ccc(NC(=O)C(C)Sc2c(=O)o[nH][n+]2-c2ccc(OC)cc2)cc1. The maximum absolute atomic E-state index is 12.6. The fourth-order valence-corrected chi connectivity index (χ4v) is 3.59. The third kappa shape index (κ3) is 5.91. The van der Waals surface area contributed by atoms with E-state index >= 15 is 0 Å². The number of thioether (sulfide) groups is 1. The highest BCUT2D eigenvalue weighted by atomic mass is 32.2. The van der Waals surface area contributed by atoms with Crippen molar-refractivity contribution >= 4 is 23.4 Å². The van der Waals surface area contributed by atoms with E-state index in [1.54, 1.807) is 50.4 Å². The number of unbranched alkanes of at least 4 members (excludes halogenated alkanes) is 1. The molecule has 0 spiro atoms. The van der Waals surface area contributed by atoms with Gasteiger partial charge in [-0.05, 0) is 71.5 Å². The van der Waals surface area contributed by atoms with Crippen LogP contribution in [0.15, 0.2) is 62.9 Å². The molecule has 0 aliphatic rings. The van der Waals surface area contributed by atoms with Gasteiger partial charge in [-0.1, -0.05) is 13.3 Å². The van der Waals surface area contributed by atoms with Crippen LogP contribution in [0.25, 0.3) is 5.69 Å². The lowest BCUT2D eigenvalue weighted by atomic mass is 10.3. The Balaban J connectivity index is 1.64. The Kier molecular flexibility index (Phi) is 7.77. The molecule has 1 heterocycles. The van der Waals surface area contributed by atoms with Gasteiger partial charge < -0.3 is 14.8 Å². The number of carbonyl (C=O) groups excluding carboxylic acids is 1. The molecule has 2 aromatic carbocycles. The van der Waals surface area contributed by atoms with Gasteiger partial charge in [0.25, 0.3) is 0 Å². The van der Waals surface area contributed by atoms with Gasteiger partial charge in [0.2, 0.25) is 11.6 Å². The number of aromatic nitrogens is 2. The topological polar surface area (TPSA) is 97.4 Å². The van der Waals surface area contributed by atoms with Crippen LogP contribution in [0.3, 0.4) is 0 Å². The van der Waals surface area contributed by atoms with Gasteiger partial charge in [-0.2, -0.15) is 0 Å². The quantitative estimate of drug-likeness (QED) is 0.282. The Bertz CT molecular complexity index is 1040. The van der Waals surface area contributed by atoms with E-state index in [2.05, 4.69) is 17.5 Å². The summed E-state index contributed by atoms with van der Waals surface area (Å²) in [7, 11) is 1.58. The van der Waals surface area contributed by atoms with Gasteiger partial charge in [0.05, 0.1) is 19.0 Å². The van der Waals surface area contributed by atoms with Crippen molar-refractivity contribution in [3.05, 3.63) is 59.0 Å². The number of rotatable bonds is 10. The summed E-state index contributed by atoms with van der Waals surface area (Å²) in [6.07, 6.45) is 2.07. The van der Waals surface area contributed by atoms with E-state index in [4.69, 9.17) is 14.0 Å². The molecule has 0 saturated carbocycles. The third-order valence-corrected chi connectivity index (χ3v) is 5.62. The number of nitrogens with zero attached hydrogens (tertiary/aromatic N) is 1. The molecule has 2 N–H and O–H groups in total. The lowest BCUT2D eigenvalue weighted by molar-refractivity contribution is -0.704. The summed E-state index contributed by atoms with van der Waals surface area (Å²) in [5.41, 5.74) is 0.791. The minimum absolute atomic E-state index is 0.230. The number of aromatic amines is 1.